The molecule has 0 rings (SSSR count). The van der Waals surface area contributed by atoms with Crippen LogP contribution >= 0.6 is 0 Å². The topological polar surface area (TPSA) is 162 Å². The standard InChI is InChI=1S/C10H24N2O8S2.2Na/c11-5-3-9-19-7-1-2-8-20-10-4-6-12(21(13,14)15)22(16,17)18;;/h1-11H2,(H,13,14,15)(H,16,17,18);;/q;2*+1/p-2. The molecule has 0 amide bonds. The van der Waals surface area contributed by atoms with E-state index in [1.807, 2.05) is 0 Å². The first-order valence-electron chi connectivity index (χ1n) is 6.74. The van der Waals surface area contributed by atoms with E-state index in [4.69, 9.17) is 15.2 Å². The quantitative estimate of drug-likeness (QED) is 0.167. The molecule has 0 aliphatic carbocycles. The van der Waals surface area contributed by atoms with Crippen LogP contribution in [0.2, 0.25) is 0 Å². The van der Waals surface area contributed by atoms with Crippen molar-refractivity contribution in [1.29, 1.82) is 0 Å². The van der Waals surface area contributed by atoms with Gasteiger partial charge in [-0.25, -0.2) is 16.8 Å². The van der Waals surface area contributed by atoms with E-state index < -0.39 is 30.9 Å². The number of hydrogen-bond acceptors (Lipinski definition) is 9. The van der Waals surface area contributed by atoms with Crippen molar-refractivity contribution in [2.45, 2.75) is 25.7 Å². The van der Waals surface area contributed by atoms with E-state index in [1.54, 1.807) is 0 Å². The monoisotopic (exact) mass is 408 g/mol. The molecule has 0 atom stereocenters. The van der Waals surface area contributed by atoms with Crippen LogP contribution in [0.25, 0.3) is 0 Å². The van der Waals surface area contributed by atoms with Gasteiger partial charge >= 0.3 is 59.1 Å². The summed E-state index contributed by atoms with van der Waals surface area (Å²) in [7, 11) is -10.7. The minimum Gasteiger partial charge on any atom is -0.735 e. The van der Waals surface area contributed by atoms with Gasteiger partial charge in [0, 0.05) is 33.0 Å². The smallest absolute Gasteiger partial charge is 0.735 e. The molecule has 10 nitrogen and oxygen atoms in total. The van der Waals surface area contributed by atoms with E-state index in [0.29, 0.717) is 32.8 Å². The van der Waals surface area contributed by atoms with E-state index >= 15 is 0 Å². The van der Waals surface area contributed by atoms with E-state index in [9.17, 15) is 25.9 Å². The van der Waals surface area contributed by atoms with Crippen LogP contribution in [-0.4, -0.2) is 69.2 Å². The largest absolute Gasteiger partial charge is 1.00 e. The summed E-state index contributed by atoms with van der Waals surface area (Å²) in [6, 6.07) is 0. The first-order chi connectivity index (χ1) is 10.2. The molecule has 0 spiro atoms. The number of unbranched alkanes of at least 4 members (excludes halogenated alkanes) is 1. The fourth-order valence-electron chi connectivity index (χ4n) is 1.43. The summed E-state index contributed by atoms with van der Waals surface area (Å²) >= 11 is 0. The van der Waals surface area contributed by atoms with Crippen molar-refractivity contribution in [3.05, 3.63) is 0 Å². The van der Waals surface area contributed by atoms with Crippen LogP contribution in [0.1, 0.15) is 25.7 Å². The Bertz CT molecular complexity index is 457. The number of ether oxygens (including phenoxy) is 2. The molecule has 134 valence electrons. The molecule has 0 aliphatic rings. The van der Waals surface area contributed by atoms with Crippen molar-refractivity contribution in [3.8, 4) is 0 Å². The molecule has 0 unspecified atom stereocenters. The van der Waals surface area contributed by atoms with Crippen LogP contribution in [0.4, 0.5) is 0 Å². The molecule has 0 saturated heterocycles. The Morgan fingerprint density at radius 3 is 1.50 bits per heavy atom. The fourth-order valence-corrected chi connectivity index (χ4v) is 3.03. The Hall–Kier alpha value is 1.66. The van der Waals surface area contributed by atoms with Gasteiger partial charge in [-0.3, -0.25) is 0 Å². The predicted molar refractivity (Wildman–Crippen MR) is 75.3 cm³/mol. The van der Waals surface area contributed by atoms with Gasteiger partial charge in [0.15, 0.2) is 20.6 Å². The van der Waals surface area contributed by atoms with E-state index in [-0.39, 0.29) is 72.1 Å². The third-order valence-electron chi connectivity index (χ3n) is 2.45. The molecule has 0 radical (unpaired) electrons. The van der Waals surface area contributed by atoms with Gasteiger partial charge in [0.05, 0.1) is 0 Å². The van der Waals surface area contributed by atoms with Crippen molar-refractivity contribution in [1.82, 2.24) is 3.71 Å². The number of nitrogens with zero attached hydrogens (tertiary/aromatic N) is 1. The molecular weight excluding hydrogens is 386 g/mol. The Balaban J connectivity index is -0.00000220. The summed E-state index contributed by atoms with van der Waals surface area (Å²) in [6.45, 7) is 1.47. The number of rotatable bonds is 14. The Morgan fingerprint density at radius 2 is 1.12 bits per heavy atom. The van der Waals surface area contributed by atoms with Crippen molar-refractivity contribution in [3.63, 3.8) is 0 Å². The van der Waals surface area contributed by atoms with Crippen molar-refractivity contribution < 1.29 is 94.5 Å². The van der Waals surface area contributed by atoms with Crippen LogP contribution in [0.15, 0.2) is 0 Å². The molecule has 14 heteroatoms. The van der Waals surface area contributed by atoms with Crippen LogP contribution in [-0.2, 0) is 30.1 Å². The minimum absolute atomic E-state index is 0. The van der Waals surface area contributed by atoms with Crippen molar-refractivity contribution in [2.75, 3.05) is 39.5 Å². The van der Waals surface area contributed by atoms with Crippen LogP contribution < -0.4 is 64.8 Å². The van der Waals surface area contributed by atoms with E-state index in [0.717, 1.165) is 12.8 Å². The van der Waals surface area contributed by atoms with Gasteiger partial charge in [0.2, 0.25) is 0 Å². The average Bonchev–Trinajstić information content (AvgIpc) is 2.37. The van der Waals surface area contributed by atoms with Crippen molar-refractivity contribution in [2.24, 2.45) is 5.73 Å². The molecule has 0 heterocycles. The van der Waals surface area contributed by atoms with Gasteiger partial charge in [0.1, 0.15) is 0 Å². The molecule has 0 aromatic carbocycles. The minimum atomic E-state index is -5.33. The summed E-state index contributed by atoms with van der Waals surface area (Å²) in [5, 5.41) is 0. The van der Waals surface area contributed by atoms with Crippen LogP contribution in [0.3, 0.4) is 0 Å². The third kappa shape index (κ3) is 17.1. The Labute approximate surface area is 188 Å². The summed E-state index contributed by atoms with van der Waals surface area (Å²) in [5.41, 5.74) is 5.29. The van der Waals surface area contributed by atoms with Crippen LogP contribution in [0, 0.1) is 0 Å². The zero-order chi connectivity index (χ0) is 17.1. The maximum absolute atomic E-state index is 10.6. The van der Waals surface area contributed by atoms with Gasteiger partial charge in [-0.05, 0) is 32.2 Å². The molecule has 0 aromatic rings. The molecule has 0 saturated carbocycles. The van der Waals surface area contributed by atoms with Gasteiger partial charge in [0.25, 0.3) is 0 Å². The van der Waals surface area contributed by atoms with Gasteiger partial charge in [-0.2, -0.15) is 0 Å². The zero-order valence-electron chi connectivity index (χ0n) is 14.2. The number of nitrogens with two attached hydrogens (primary N) is 1. The maximum Gasteiger partial charge on any atom is 1.00 e. The first-order valence-corrected chi connectivity index (χ1v) is 9.47. The average molecular weight is 408 g/mol. The van der Waals surface area contributed by atoms with Gasteiger partial charge in [-0.15, -0.1) is 3.71 Å². The Morgan fingerprint density at radius 1 is 0.750 bits per heavy atom. The molecule has 2 N–H and O–H groups in total. The molecular formula is C10H22N2Na2O8S2. The second kappa shape index (κ2) is 16.8. The third-order valence-corrected chi connectivity index (χ3v) is 4.91. The molecule has 24 heavy (non-hydrogen) atoms. The summed E-state index contributed by atoms with van der Waals surface area (Å²) in [6.07, 6.45) is 2.22. The first kappa shape index (κ1) is 30.4. The number of hydrogen-bond donors (Lipinski definition) is 1. The zero-order valence-corrected chi connectivity index (χ0v) is 19.8. The fraction of sp³-hybridized carbons (Fsp3) is 1.00. The van der Waals surface area contributed by atoms with Gasteiger partial charge in [-0.1, -0.05) is 0 Å². The molecule has 0 aliphatic heterocycles. The SMILES string of the molecule is NCCCOCCCCOCCCN(S(=O)(=O)[O-])S(=O)(=O)[O-].[Na+].[Na+]. The van der Waals surface area contributed by atoms with Gasteiger partial charge < -0.3 is 24.3 Å². The van der Waals surface area contributed by atoms with E-state index in [2.05, 4.69) is 0 Å². The normalized spacial score (nSPS) is 11.8. The van der Waals surface area contributed by atoms with Crippen molar-refractivity contribution >= 4 is 20.6 Å². The summed E-state index contributed by atoms with van der Waals surface area (Å²) in [4.78, 5) is 0. The second-order valence-electron chi connectivity index (χ2n) is 4.34. The maximum atomic E-state index is 10.6. The summed E-state index contributed by atoms with van der Waals surface area (Å²) in [5.74, 6) is 0. The van der Waals surface area contributed by atoms with E-state index in [1.165, 1.54) is 0 Å². The Kier molecular flexibility index (Phi) is 21.3. The predicted octanol–water partition coefficient (Wildman–Crippen LogP) is -7.23. The molecule has 0 aromatic heterocycles. The molecule has 0 bridgehead atoms. The molecule has 0 fully saturated rings. The van der Waals surface area contributed by atoms with Crippen LogP contribution in [0.5, 0.6) is 0 Å². The summed E-state index contributed by atoms with van der Waals surface area (Å²) < 4.78 is 73.5. The second-order valence-corrected chi connectivity index (χ2v) is 7.16.